The lowest BCUT2D eigenvalue weighted by molar-refractivity contribution is -0.302. The van der Waals surface area contributed by atoms with Gasteiger partial charge in [0.15, 0.2) is 6.29 Å². The Morgan fingerprint density at radius 1 is 0.432 bits per heavy atom. The molecule has 9 heteroatoms. The van der Waals surface area contributed by atoms with Gasteiger partial charge in [-0.2, -0.15) is 0 Å². The van der Waals surface area contributed by atoms with Crippen molar-refractivity contribution in [1.82, 2.24) is 5.32 Å². The average molecular weight is 1130 g/mol. The highest BCUT2D eigenvalue weighted by molar-refractivity contribution is 5.76. The number of unbranched alkanes of at least 4 members (excludes halogenated alkanes) is 32. The van der Waals surface area contributed by atoms with Gasteiger partial charge in [0.2, 0.25) is 5.91 Å². The van der Waals surface area contributed by atoms with Crippen molar-refractivity contribution in [2.24, 2.45) is 0 Å². The quantitative estimate of drug-likeness (QED) is 0.0261. The minimum Gasteiger partial charge on any atom is -0.394 e. The van der Waals surface area contributed by atoms with Gasteiger partial charge in [-0.15, -0.1) is 0 Å². The fourth-order valence-electron chi connectivity index (χ4n) is 10.4. The number of hydrogen-bond donors (Lipinski definition) is 6. The predicted molar refractivity (Wildman–Crippen MR) is 345 cm³/mol. The average Bonchev–Trinajstić information content (AvgIpc) is 3.48. The van der Waals surface area contributed by atoms with E-state index in [1.165, 1.54) is 173 Å². The molecule has 1 heterocycles. The Morgan fingerprint density at radius 2 is 0.765 bits per heavy atom. The first kappa shape index (κ1) is 76.1. The van der Waals surface area contributed by atoms with Gasteiger partial charge in [0.1, 0.15) is 24.4 Å². The summed E-state index contributed by atoms with van der Waals surface area (Å²) < 4.78 is 11.4. The Bertz CT molecular complexity index is 1600. The van der Waals surface area contributed by atoms with Gasteiger partial charge >= 0.3 is 0 Å². The maximum Gasteiger partial charge on any atom is 0.220 e. The summed E-state index contributed by atoms with van der Waals surface area (Å²) in [6.07, 6.45) is 80.2. The number of ether oxygens (including phenoxy) is 2. The number of amides is 1. The molecule has 1 aliphatic heterocycles. The third-order valence-corrected chi connectivity index (χ3v) is 15.7. The Hall–Kier alpha value is -2.89. The van der Waals surface area contributed by atoms with E-state index in [2.05, 4.69) is 116 Å². The number of allylic oxidation sites excluding steroid dienone is 16. The molecule has 0 aromatic heterocycles. The second kappa shape index (κ2) is 60.2. The largest absolute Gasteiger partial charge is 0.394 e. The highest BCUT2D eigenvalue weighted by Gasteiger charge is 2.44. The summed E-state index contributed by atoms with van der Waals surface area (Å²) >= 11 is 0. The molecule has 1 fully saturated rings. The van der Waals surface area contributed by atoms with Crippen LogP contribution in [0.3, 0.4) is 0 Å². The molecule has 0 bridgehead atoms. The van der Waals surface area contributed by atoms with E-state index in [1.54, 1.807) is 0 Å². The van der Waals surface area contributed by atoms with E-state index in [0.717, 1.165) is 96.3 Å². The van der Waals surface area contributed by atoms with Gasteiger partial charge in [-0.1, -0.05) is 310 Å². The van der Waals surface area contributed by atoms with Crippen molar-refractivity contribution in [1.29, 1.82) is 0 Å². The molecule has 1 rings (SSSR count). The summed E-state index contributed by atoms with van der Waals surface area (Å²) in [7, 11) is 0. The monoisotopic (exact) mass is 1130 g/mol. The number of carbonyl (C=O) groups is 1. The van der Waals surface area contributed by atoms with Crippen LogP contribution in [0.2, 0.25) is 0 Å². The molecule has 9 nitrogen and oxygen atoms in total. The third kappa shape index (κ3) is 49.1. The molecule has 81 heavy (non-hydrogen) atoms. The number of hydrogen-bond acceptors (Lipinski definition) is 8. The highest BCUT2D eigenvalue weighted by Crippen LogP contribution is 2.23. The Labute approximate surface area is 498 Å². The van der Waals surface area contributed by atoms with Crippen LogP contribution in [0.4, 0.5) is 0 Å². The molecule has 468 valence electrons. The first-order valence-electron chi connectivity index (χ1n) is 33.9. The van der Waals surface area contributed by atoms with Crippen LogP contribution in [0.5, 0.6) is 0 Å². The van der Waals surface area contributed by atoms with E-state index >= 15 is 0 Å². The lowest BCUT2D eigenvalue weighted by Gasteiger charge is -2.40. The fraction of sp³-hybridized carbons (Fsp3) is 0.764. The third-order valence-electron chi connectivity index (χ3n) is 15.7. The smallest absolute Gasteiger partial charge is 0.220 e. The van der Waals surface area contributed by atoms with Crippen molar-refractivity contribution >= 4 is 5.91 Å². The molecule has 1 aliphatic rings. The van der Waals surface area contributed by atoms with E-state index in [9.17, 15) is 30.3 Å². The van der Waals surface area contributed by atoms with Gasteiger partial charge in [-0.05, 0) is 77.0 Å². The molecule has 6 N–H and O–H groups in total. The minimum atomic E-state index is -1.56. The van der Waals surface area contributed by atoms with Crippen LogP contribution in [0.15, 0.2) is 97.2 Å². The molecule has 0 aromatic rings. The second-order valence-electron chi connectivity index (χ2n) is 23.2. The zero-order chi connectivity index (χ0) is 58.6. The standard InChI is InChI=1S/C72H127NO8/c1-3-5-7-9-11-13-15-17-19-21-23-25-27-28-29-30-31-32-33-34-35-36-37-38-40-42-44-46-48-50-52-54-56-58-60-62-68(76)73-65(64-80-72-71(79)70(78)69(77)67(63-74)81-72)66(75)61-59-57-55-53-51-49-47-45-43-41-39-26-24-22-20-18-16-14-12-10-8-6-4-2/h5,7,11,13,17,19,23,25,28-29,31-32,34-35,37-38,65-67,69-72,74-75,77-79H,3-4,6,8-10,12,14-16,18,20-22,24,26-27,30,33,36,39-64H2,1-2H3,(H,73,76)/b7-5-,13-11-,19-17-,25-23-,29-28-,32-31-,35-34-,38-37-. The molecule has 0 spiro atoms. The first-order valence-corrected chi connectivity index (χ1v) is 33.9. The SMILES string of the molecule is CC/C=C\C/C=C\C/C=C\C/C=C\C/C=C\C/C=C\C/C=C\C/C=C\CCCCCCCCCCCCC(=O)NC(COC1OC(CO)C(O)C(O)C1O)C(O)CCCCCCCCCCCCCCCCCCCCCCCCC. The number of aliphatic hydroxyl groups excluding tert-OH is 5. The molecular formula is C72H127NO8. The van der Waals surface area contributed by atoms with Crippen molar-refractivity contribution < 1.29 is 39.8 Å². The van der Waals surface area contributed by atoms with Gasteiger partial charge in [0.05, 0.1) is 25.4 Å². The van der Waals surface area contributed by atoms with Crippen LogP contribution < -0.4 is 5.32 Å². The molecular weight excluding hydrogens is 1010 g/mol. The van der Waals surface area contributed by atoms with E-state index in [4.69, 9.17) is 9.47 Å². The van der Waals surface area contributed by atoms with Crippen molar-refractivity contribution in [2.75, 3.05) is 13.2 Å². The van der Waals surface area contributed by atoms with Crippen molar-refractivity contribution in [3.8, 4) is 0 Å². The van der Waals surface area contributed by atoms with Crippen molar-refractivity contribution in [2.45, 2.75) is 339 Å². The molecule has 0 aliphatic carbocycles. The Kier molecular flexibility index (Phi) is 56.6. The number of rotatable bonds is 58. The number of aliphatic hydroxyl groups is 5. The van der Waals surface area contributed by atoms with Crippen LogP contribution in [0, 0.1) is 0 Å². The molecule has 0 radical (unpaired) electrons. The summed E-state index contributed by atoms with van der Waals surface area (Å²) in [5.74, 6) is -0.149. The summed E-state index contributed by atoms with van der Waals surface area (Å²) in [5, 5.41) is 54.9. The van der Waals surface area contributed by atoms with Crippen LogP contribution in [-0.2, 0) is 14.3 Å². The normalized spacial score (nSPS) is 19.0. The van der Waals surface area contributed by atoms with Crippen LogP contribution in [-0.4, -0.2) is 87.5 Å². The van der Waals surface area contributed by atoms with Gasteiger partial charge < -0.3 is 40.3 Å². The zero-order valence-electron chi connectivity index (χ0n) is 52.3. The molecule has 7 atom stereocenters. The molecule has 1 saturated heterocycles. The summed E-state index contributed by atoms with van der Waals surface area (Å²) in [4.78, 5) is 13.1. The molecule has 0 aromatic carbocycles. The fourth-order valence-corrected chi connectivity index (χ4v) is 10.4. The van der Waals surface area contributed by atoms with E-state index in [-0.39, 0.29) is 12.5 Å². The second-order valence-corrected chi connectivity index (χ2v) is 23.2. The predicted octanol–water partition coefficient (Wildman–Crippen LogP) is 18.3. The van der Waals surface area contributed by atoms with Crippen LogP contribution >= 0.6 is 0 Å². The van der Waals surface area contributed by atoms with E-state index < -0.39 is 49.5 Å². The zero-order valence-corrected chi connectivity index (χ0v) is 52.3. The highest BCUT2D eigenvalue weighted by atomic mass is 16.7. The van der Waals surface area contributed by atoms with E-state index in [1.807, 2.05) is 0 Å². The lowest BCUT2D eigenvalue weighted by atomic mass is 9.99. The summed E-state index contributed by atoms with van der Waals surface area (Å²) in [6, 6.07) is -0.729. The molecule has 0 saturated carbocycles. The number of carbonyl (C=O) groups excluding carboxylic acids is 1. The molecule has 7 unspecified atom stereocenters. The van der Waals surface area contributed by atoms with Crippen LogP contribution in [0.1, 0.15) is 296 Å². The Balaban J connectivity index is 2.15. The van der Waals surface area contributed by atoms with Gasteiger partial charge in [0, 0.05) is 6.42 Å². The van der Waals surface area contributed by atoms with E-state index in [0.29, 0.717) is 12.8 Å². The lowest BCUT2D eigenvalue weighted by Crippen LogP contribution is -2.60. The maximum atomic E-state index is 13.1. The van der Waals surface area contributed by atoms with Crippen LogP contribution in [0.25, 0.3) is 0 Å². The maximum absolute atomic E-state index is 13.1. The minimum absolute atomic E-state index is 0.143. The summed E-state index contributed by atoms with van der Waals surface area (Å²) in [5.41, 5.74) is 0. The topological polar surface area (TPSA) is 149 Å². The van der Waals surface area contributed by atoms with Crippen molar-refractivity contribution in [3.05, 3.63) is 97.2 Å². The Morgan fingerprint density at radius 3 is 1.14 bits per heavy atom. The van der Waals surface area contributed by atoms with Gasteiger partial charge in [-0.25, -0.2) is 0 Å². The number of nitrogens with one attached hydrogen (secondary N) is 1. The van der Waals surface area contributed by atoms with Crippen molar-refractivity contribution in [3.63, 3.8) is 0 Å². The summed E-state index contributed by atoms with van der Waals surface area (Å²) in [6.45, 7) is 3.75. The first-order chi connectivity index (χ1) is 39.8. The van der Waals surface area contributed by atoms with Gasteiger partial charge in [-0.3, -0.25) is 4.79 Å². The van der Waals surface area contributed by atoms with Gasteiger partial charge in [0.25, 0.3) is 0 Å². The molecule has 1 amide bonds.